The van der Waals surface area contributed by atoms with E-state index in [1.165, 1.54) is 99.5 Å². The van der Waals surface area contributed by atoms with Crippen molar-refractivity contribution in [3.05, 3.63) is 193 Å². The summed E-state index contributed by atoms with van der Waals surface area (Å²) in [6, 6.07) is 67.1. The molecule has 0 saturated carbocycles. The summed E-state index contributed by atoms with van der Waals surface area (Å²) in [6.45, 7) is 4.69. The van der Waals surface area contributed by atoms with E-state index >= 15 is 0 Å². The highest BCUT2D eigenvalue weighted by atomic mass is 15.0. The molecular formula is C51H36N2. The Morgan fingerprint density at radius 3 is 1.32 bits per heavy atom. The first-order valence-corrected chi connectivity index (χ1v) is 18.5. The fraction of sp³-hybridized carbons (Fsp3) is 0.0588. The van der Waals surface area contributed by atoms with Crippen LogP contribution >= 0.6 is 0 Å². The van der Waals surface area contributed by atoms with Crippen LogP contribution in [0.2, 0.25) is 0 Å². The van der Waals surface area contributed by atoms with Gasteiger partial charge >= 0.3 is 0 Å². The molecule has 0 radical (unpaired) electrons. The van der Waals surface area contributed by atoms with Gasteiger partial charge in [0.25, 0.3) is 0 Å². The Kier molecular flexibility index (Phi) is 6.33. The Morgan fingerprint density at radius 1 is 0.321 bits per heavy atom. The minimum atomic E-state index is -0.00656. The Morgan fingerprint density at radius 2 is 0.736 bits per heavy atom. The molecule has 2 heteroatoms. The molecule has 1 aliphatic rings. The van der Waals surface area contributed by atoms with Crippen LogP contribution in [0, 0.1) is 0 Å². The molecule has 2 aromatic heterocycles. The van der Waals surface area contributed by atoms with Gasteiger partial charge in [0.1, 0.15) is 0 Å². The van der Waals surface area contributed by atoms with Gasteiger partial charge in [-0.25, -0.2) is 0 Å². The minimum absolute atomic E-state index is 0.00656. The third-order valence-corrected chi connectivity index (χ3v) is 11.7. The van der Waals surface area contributed by atoms with E-state index in [0.717, 1.165) is 0 Å². The highest BCUT2D eigenvalue weighted by Gasteiger charge is 2.35. The van der Waals surface area contributed by atoms with Crippen molar-refractivity contribution in [3.8, 4) is 44.8 Å². The number of rotatable bonds is 4. The van der Waals surface area contributed by atoms with Crippen LogP contribution in [0.1, 0.15) is 25.0 Å². The average molecular weight is 677 g/mol. The molecule has 0 bridgehead atoms. The van der Waals surface area contributed by atoms with Gasteiger partial charge in [-0.05, 0) is 117 Å². The highest BCUT2D eigenvalue weighted by molar-refractivity contribution is 6.13. The van der Waals surface area contributed by atoms with Crippen LogP contribution in [0.4, 0.5) is 0 Å². The molecule has 0 aliphatic heterocycles. The van der Waals surface area contributed by atoms with Crippen molar-refractivity contribution >= 4 is 43.6 Å². The fourth-order valence-electron chi connectivity index (χ4n) is 9.15. The Bertz CT molecular complexity index is 3070. The molecule has 2 heterocycles. The fourth-order valence-corrected chi connectivity index (χ4v) is 9.15. The van der Waals surface area contributed by atoms with E-state index in [9.17, 15) is 0 Å². The van der Waals surface area contributed by atoms with Gasteiger partial charge in [0.15, 0.2) is 0 Å². The molecule has 11 rings (SSSR count). The number of nitrogens with zero attached hydrogens (tertiary/aromatic N) is 2. The zero-order valence-corrected chi connectivity index (χ0v) is 29.7. The molecule has 2 nitrogen and oxygen atoms in total. The van der Waals surface area contributed by atoms with Crippen molar-refractivity contribution in [3.63, 3.8) is 0 Å². The van der Waals surface area contributed by atoms with Crippen molar-refractivity contribution in [2.45, 2.75) is 19.3 Å². The van der Waals surface area contributed by atoms with Gasteiger partial charge in [-0.2, -0.15) is 0 Å². The maximum atomic E-state index is 2.41. The molecule has 250 valence electrons. The summed E-state index contributed by atoms with van der Waals surface area (Å²) in [7, 11) is 0. The van der Waals surface area contributed by atoms with Crippen molar-refractivity contribution in [1.29, 1.82) is 0 Å². The lowest BCUT2D eigenvalue weighted by Crippen LogP contribution is -2.14. The largest absolute Gasteiger partial charge is 0.309 e. The van der Waals surface area contributed by atoms with Crippen LogP contribution < -0.4 is 0 Å². The lowest BCUT2D eigenvalue weighted by Gasteiger charge is -2.21. The second-order valence-corrected chi connectivity index (χ2v) is 15.0. The summed E-state index contributed by atoms with van der Waals surface area (Å²) in [5.41, 5.74) is 17.6. The second kappa shape index (κ2) is 11.2. The molecule has 0 N–H and O–H groups in total. The molecular weight excluding hydrogens is 641 g/mol. The molecule has 0 fully saturated rings. The Balaban J connectivity index is 1.11. The van der Waals surface area contributed by atoms with Crippen LogP contribution in [-0.4, -0.2) is 9.13 Å². The number of hydrogen-bond acceptors (Lipinski definition) is 0. The molecule has 0 unspecified atom stereocenters. The smallest absolute Gasteiger partial charge is 0.0541 e. The van der Waals surface area contributed by atoms with Crippen molar-refractivity contribution in [2.24, 2.45) is 0 Å². The monoisotopic (exact) mass is 676 g/mol. The van der Waals surface area contributed by atoms with E-state index in [-0.39, 0.29) is 5.41 Å². The summed E-state index contributed by atoms with van der Waals surface area (Å²) in [5.74, 6) is 0. The van der Waals surface area contributed by atoms with Gasteiger partial charge < -0.3 is 9.13 Å². The summed E-state index contributed by atoms with van der Waals surface area (Å²) in [4.78, 5) is 0. The molecule has 10 aromatic rings. The van der Waals surface area contributed by atoms with Crippen LogP contribution in [-0.2, 0) is 5.41 Å². The zero-order chi connectivity index (χ0) is 35.3. The van der Waals surface area contributed by atoms with E-state index in [4.69, 9.17) is 0 Å². The SMILES string of the molecule is CC1(C)c2ccccc2-c2cc(-c3ccc4c(c3)c3cc(-c5ccc6c(c5)c5ccccc5n6-c5ccccc5)ccc3n4-c3ccccc3)ccc21. The molecule has 0 amide bonds. The van der Waals surface area contributed by atoms with Crippen molar-refractivity contribution in [2.75, 3.05) is 0 Å². The normalized spacial score (nSPS) is 13.2. The summed E-state index contributed by atoms with van der Waals surface area (Å²) in [6.07, 6.45) is 0. The van der Waals surface area contributed by atoms with Crippen LogP contribution in [0.15, 0.2) is 182 Å². The Labute approximate surface area is 308 Å². The number of benzene rings is 8. The lowest BCUT2D eigenvalue weighted by atomic mass is 9.82. The maximum absolute atomic E-state index is 2.41. The van der Waals surface area contributed by atoms with E-state index in [1.54, 1.807) is 0 Å². The van der Waals surface area contributed by atoms with Gasteiger partial charge in [0.2, 0.25) is 0 Å². The molecule has 1 aliphatic carbocycles. The second-order valence-electron chi connectivity index (χ2n) is 15.0. The highest BCUT2D eigenvalue weighted by Crippen LogP contribution is 2.50. The van der Waals surface area contributed by atoms with Crippen LogP contribution in [0.25, 0.3) is 88.4 Å². The van der Waals surface area contributed by atoms with E-state index in [2.05, 4.69) is 205 Å². The number of hydrogen-bond donors (Lipinski definition) is 0. The summed E-state index contributed by atoms with van der Waals surface area (Å²) >= 11 is 0. The third kappa shape index (κ3) is 4.39. The predicted molar refractivity (Wildman–Crippen MR) is 224 cm³/mol. The summed E-state index contributed by atoms with van der Waals surface area (Å²) < 4.78 is 4.79. The number of aromatic nitrogens is 2. The van der Waals surface area contributed by atoms with Gasteiger partial charge in [0, 0.05) is 38.3 Å². The molecule has 53 heavy (non-hydrogen) atoms. The number of fused-ring (bicyclic) bond motifs is 9. The van der Waals surface area contributed by atoms with Crippen molar-refractivity contribution < 1.29 is 0 Å². The van der Waals surface area contributed by atoms with Gasteiger partial charge in [-0.15, -0.1) is 0 Å². The molecule has 0 saturated heterocycles. The first-order valence-electron chi connectivity index (χ1n) is 18.5. The predicted octanol–water partition coefficient (Wildman–Crippen LogP) is 13.5. The van der Waals surface area contributed by atoms with Crippen LogP contribution in [0.3, 0.4) is 0 Å². The molecule has 8 aromatic carbocycles. The standard InChI is InChI=1S/C51H36N2/c1-51(2)45-19-11-9-17-39(45)41-29-33(21-25-46(41)51)35-23-27-49-43(31-35)44-32-36(24-28-50(44)53(49)38-15-7-4-8-16-38)34-22-26-48-42(30-34)40-18-10-12-20-47(40)52(48)37-13-5-3-6-14-37/h3-32H,1-2H3. The number of para-hydroxylation sites is 3. The topological polar surface area (TPSA) is 9.86 Å². The lowest BCUT2D eigenvalue weighted by molar-refractivity contribution is 0.660. The zero-order valence-electron chi connectivity index (χ0n) is 29.7. The minimum Gasteiger partial charge on any atom is -0.309 e. The van der Waals surface area contributed by atoms with Gasteiger partial charge in [-0.1, -0.05) is 123 Å². The van der Waals surface area contributed by atoms with Gasteiger partial charge in [0.05, 0.1) is 22.1 Å². The molecule has 0 spiro atoms. The molecule has 0 atom stereocenters. The first kappa shape index (κ1) is 30.0. The maximum Gasteiger partial charge on any atom is 0.0541 e. The van der Waals surface area contributed by atoms with Crippen molar-refractivity contribution in [1.82, 2.24) is 9.13 Å². The van der Waals surface area contributed by atoms with Crippen LogP contribution in [0.5, 0.6) is 0 Å². The van der Waals surface area contributed by atoms with E-state index in [0.29, 0.717) is 0 Å². The average Bonchev–Trinajstić information content (AvgIpc) is 3.80. The van der Waals surface area contributed by atoms with Gasteiger partial charge in [-0.3, -0.25) is 0 Å². The van der Waals surface area contributed by atoms with E-state index < -0.39 is 0 Å². The quantitative estimate of drug-likeness (QED) is 0.176. The summed E-state index contributed by atoms with van der Waals surface area (Å²) in [5, 5.41) is 5.03. The Hall–Kier alpha value is -6.64. The third-order valence-electron chi connectivity index (χ3n) is 11.7. The first-order chi connectivity index (χ1) is 26.0. The van der Waals surface area contributed by atoms with E-state index in [1.807, 2.05) is 0 Å².